The van der Waals surface area contributed by atoms with E-state index in [1.54, 1.807) is 22.9 Å². The largest absolute Gasteiger partial charge is 0.356 e. The third kappa shape index (κ3) is 3.98. The second-order valence-electron chi connectivity index (χ2n) is 6.26. The Morgan fingerprint density at radius 3 is 2.33 bits per heavy atom. The lowest BCUT2D eigenvalue weighted by Crippen LogP contribution is -2.18. The Balaban J connectivity index is 1.40. The molecular weight excluding hydrogens is 341 g/mol. The molecule has 134 valence electrons. The molecule has 0 aliphatic heterocycles. The Hall–Kier alpha value is -3.60. The maximum absolute atomic E-state index is 13.3. The van der Waals surface area contributed by atoms with Crippen molar-refractivity contribution >= 4 is 33.9 Å². The van der Waals surface area contributed by atoms with Crippen molar-refractivity contribution in [2.24, 2.45) is 0 Å². The molecule has 0 saturated heterocycles. The summed E-state index contributed by atoms with van der Waals surface area (Å²) in [5, 5.41) is 6.96. The molecule has 0 aliphatic carbocycles. The van der Waals surface area contributed by atoms with Gasteiger partial charge in [0.05, 0.1) is 0 Å². The van der Waals surface area contributed by atoms with E-state index in [9.17, 15) is 9.18 Å². The van der Waals surface area contributed by atoms with Gasteiger partial charge in [-0.1, -0.05) is 18.2 Å². The Morgan fingerprint density at radius 1 is 0.852 bits per heavy atom. The van der Waals surface area contributed by atoms with Crippen molar-refractivity contribution in [2.75, 3.05) is 10.6 Å². The SMILES string of the molecule is O=C(Cn1ccc2cc(F)ccc21)Nc1ccc(Nc2ccccc2)cc1. The molecule has 1 heterocycles. The summed E-state index contributed by atoms with van der Waals surface area (Å²) in [5.74, 6) is -0.422. The molecule has 1 aromatic heterocycles. The first kappa shape index (κ1) is 16.8. The highest BCUT2D eigenvalue weighted by Crippen LogP contribution is 2.20. The molecule has 4 nitrogen and oxygen atoms in total. The number of para-hydroxylation sites is 1. The van der Waals surface area contributed by atoms with Gasteiger partial charge in [-0.25, -0.2) is 4.39 Å². The van der Waals surface area contributed by atoms with Gasteiger partial charge in [0.25, 0.3) is 0 Å². The van der Waals surface area contributed by atoms with Crippen LogP contribution in [0.4, 0.5) is 21.5 Å². The number of hydrogen-bond donors (Lipinski definition) is 2. The fraction of sp³-hybridized carbons (Fsp3) is 0.0455. The summed E-state index contributed by atoms with van der Waals surface area (Å²) in [6.07, 6.45) is 1.79. The highest BCUT2D eigenvalue weighted by molar-refractivity contribution is 5.92. The zero-order valence-corrected chi connectivity index (χ0v) is 14.5. The fourth-order valence-corrected chi connectivity index (χ4v) is 2.99. The van der Waals surface area contributed by atoms with Gasteiger partial charge in [-0.2, -0.15) is 0 Å². The van der Waals surface area contributed by atoms with Crippen LogP contribution in [-0.2, 0) is 11.3 Å². The van der Waals surface area contributed by atoms with E-state index < -0.39 is 0 Å². The number of nitrogens with zero attached hydrogens (tertiary/aromatic N) is 1. The van der Waals surface area contributed by atoms with Crippen LogP contribution < -0.4 is 10.6 Å². The van der Waals surface area contributed by atoms with Crippen molar-refractivity contribution in [3.8, 4) is 0 Å². The van der Waals surface area contributed by atoms with Crippen molar-refractivity contribution in [3.05, 3.63) is 90.9 Å². The molecule has 0 saturated carbocycles. The predicted octanol–water partition coefficient (Wildman–Crippen LogP) is 5.16. The number of aromatic nitrogens is 1. The average molecular weight is 359 g/mol. The number of halogens is 1. The van der Waals surface area contributed by atoms with Crippen LogP contribution in [0, 0.1) is 5.82 Å². The molecule has 0 spiro atoms. The van der Waals surface area contributed by atoms with Gasteiger partial charge >= 0.3 is 0 Å². The molecule has 1 amide bonds. The van der Waals surface area contributed by atoms with Crippen LogP contribution in [0.1, 0.15) is 0 Å². The minimum atomic E-state index is -0.283. The van der Waals surface area contributed by atoms with Gasteiger partial charge in [-0.15, -0.1) is 0 Å². The molecule has 4 rings (SSSR count). The summed E-state index contributed by atoms with van der Waals surface area (Å²) < 4.78 is 15.1. The van der Waals surface area contributed by atoms with Gasteiger partial charge in [0, 0.05) is 34.2 Å². The summed E-state index contributed by atoms with van der Waals surface area (Å²) in [6.45, 7) is 0.166. The Labute approximate surface area is 156 Å². The molecular formula is C22H18FN3O. The molecule has 0 bridgehead atoms. The number of nitrogens with one attached hydrogen (secondary N) is 2. The van der Waals surface area contributed by atoms with Crippen molar-refractivity contribution in [2.45, 2.75) is 6.54 Å². The quantitative estimate of drug-likeness (QED) is 0.517. The second kappa shape index (κ2) is 7.33. The lowest BCUT2D eigenvalue weighted by molar-refractivity contribution is -0.116. The molecule has 0 fully saturated rings. The normalized spacial score (nSPS) is 10.7. The van der Waals surface area contributed by atoms with E-state index in [0.29, 0.717) is 0 Å². The fourth-order valence-electron chi connectivity index (χ4n) is 2.99. The lowest BCUT2D eigenvalue weighted by Gasteiger charge is -2.10. The third-order valence-corrected chi connectivity index (χ3v) is 4.28. The van der Waals surface area contributed by atoms with Crippen LogP contribution >= 0.6 is 0 Å². The maximum atomic E-state index is 13.3. The maximum Gasteiger partial charge on any atom is 0.244 e. The first-order valence-electron chi connectivity index (χ1n) is 8.64. The number of benzene rings is 3. The molecule has 2 N–H and O–H groups in total. The highest BCUT2D eigenvalue weighted by atomic mass is 19.1. The topological polar surface area (TPSA) is 46.1 Å². The lowest BCUT2D eigenvalue weighted by atomic mass is 10.2. The summed E-state index contributed by atoms with van der Waals surface area (Å²) >= 11 is 0. The molecule has 3 aromatic carbocycles. The number of carbonyl (C=O) groups is 1. The predicted molar refractivity (Wildman–Crippen MR) is 107 cm³/mol. The minimum absolute atomic E-state index is 0.138. The van der Waals surface area contributed by atoms with Gasteiger partial charge < -0.3 is 15.2 Å². The highest BCUT2D eigenvalue weighted by Gasteiger charge is 2.07. The minimum Gasteiger partial charge on any atom is -0.356 e. The van der Waals surface area contributed by atoms with Crippen LogP contribution in [-0.4, -0.2) is 10.5 Å². The monoisotopic (exact) mass is 359 g/mol. The molecule has 4 aromatic rings. The first-order chi connectivity index (χ1) is 13.2. The van der Waals surface area contributed by atoms with E-state index in [1.807, 2.05) is 54.6 Å². The zero-order valence-electron chi connectivity index (χ0n) is 14.5. The van der Waals surface area contributed by atoms with Crippen LogP contribution in [0.2, 0.25) is 0 Å². The van der Waals surface area contributed by atoms with Crippen LogP contribution in [0.3, 0.4) is 0 Å². The average Bonchev–Trinajstić information content (AvgIpc) is 3.06. The molecule has 27 heavy (non-hydrogen) atoms. The van der Waals surface area contributed by atoms with E-state index >= 15 is 0 Å². The molecule has 5 heteroatoms. The number of anilines is 3. The van der Waals surface area contributed by atoms with Crippen LogP contribution in [0.5, 0.6) is 0 Å². The van der Waals surface area contributed by atoms with Gasteiger partial charge in [0.2, 0.25) is 5.91 Å². The van der Waals surface area contributed by atoms with Gasteiger partial charge in [0.1, 0.15) is 12.4 Å². The number of fused-ring (bicyclic) bond motifs is 1. The van der Waals surface area contributed by atoms with Crippen LogP contribution in [0.15, 0.2) is 85.1 Å². The van der Waals surface area contributed by atoms with E-state index in [1.165, 1.54) is 12.1 Å². The van der Waals surface area contributed by atoms with E-state index in [2.05, 4.69) is 10.6 Å². The third-order valence-electron chi connectivity index (χ3n) is 4.28. The summed E-state index contributed by atoms with van der Waals surface area (Å²) in [4.78, 5) is 12.3. The number of rotatable bonds is 5. The molecule has 0 aliphatic rings. The molecule has 0 unspecified atom stereocenters. The summed E-state index contributed by atoms with van der Waals surface area (Å²) in [6, 6.07) is 23.8. The summed E-state index contributed by atoms with van der Waals surface area (Å²) in [5.41, 5.74) is 3.50. The van der Waals surface area contributed by atoms with Crippen LogP contribution in [0.25, 0.3) is 10.9 Å². The van der Waals surface area contributed by atoms with Gasteiger partial charge in [-0.3, -0.25) is 4.79 Å². The van der Waals surface area contributed by atoms with Gasteiger partial charge in [-0.05, 0) is 60.7 Å². The Morgan fingerprint density at radius 2 is 1.56 bits per heavy atom. The molecule has 0 atom stereocenters. The van der Waals surface area contributed by atoms with Crippen molar-refractivity contribution in [3.63, 3.8) is 0 Å². The Bertz CT molecular complexity index is 1070. The van der Waals surface area contributed by atoms with Crippen molar-refractivity contribution in [1.82, 2.24) is 4.57 Å². The number of amides is 1. The van der Waals surface area contributed by atoms with E-state index in [-0.39, 0.29) is 18.3 Å². The van der Waals surface area contributed by atoms with E-state index in [4.69, 9.17) is 0 Å². The number of carbonyl (C=O) groups excluding carboxylic acids is 1. The second-order valence-corrected chi connectivity index (χ2v) is 6.26. The van der Waals surface area contributed by atoms with Gasteiger partial charge in [0.15, 0.2) is 0 Å². The van der Waals surface area contributed by atoms with Crippen molar-refractivity contribution in [1.29, 1.82) is 0 Å². The smallest absolute Gasteiger partial charge is 0.244 e. The summed E-state index contributed by atoms with van der Waals surface area (Å²) in [7, 11) is 0. The standard InChI is InChI=1S/C22H18FN3O/c23-17-6-11-21-16(14-17)12-13-26(21)15-22(27)25-20-9-7-19(8-10-20)24-18-4-2-1-3-5-18/h1-14,24H,15H2,(H,25,27). The Kier molecular flexibility index (Phi) is 4.58. The molecule has 0 radical (unpaired) electrons. The van der Waals surface area contributed by atoms with E-state index in [0.717, 1.165) is 28.0 Å². The first-order valence-corrected chi connectivity index (χ1v) is 8.64. The number of hydrogen-bond acceptors (Lipinski definition) is 2. The zero-order chi connectivity index (χ0) is 18.6. The van der Waals surface area contributed by atoms with Crippen molar-refractivity contribution < 1.29 is 9.18 Å².